The Kier molecular flexibility index (Phi) is 5.20. The molecular weight excluding hydrogens is 370 g/mol. The van der Waals surface area contributed by atoms with Crippen LogP contribution in [0.1, 0.15) is 32.3 Å². The largest absolute Gasteiger partial charge is 0.322 e. The molecule has 0 unspecified atom stereocenters. The number of hydrogen-bond donors (Lipinski definition) is 2. The van der Waals surface area contributed by atoms with Crippen molar-refractivity contribution in [3.63, 3.8) is 0 Å². The Bertz CT molecular complexity index is 926. The molecule has 26 heavy (non-hydrogen) atoms. The van der Waals surface area contributed by atoms with E-state index in [2.05, 4.69) is 25.6 Å². The molecule has 0 spiro atoms. The summed E-state index contributed by atoms with van der Waals surface area (Å²) in [5, 5.41) is 7.29. The van der Waals surface area contributed by atoms with Gasteiger partial charge in [0.25, 0.3) is 5.91 Å². The zero-order valence-electron chi connectivity index (χ0n) is 14.8. The van der Waals surface area contributed by atoms with Crippen molar-refractivity contribution >= 4 is 45.6 Å². The van der Waals surface area contributed by atoms with E-state index >= 15 is 0 Å². The van der Waals surface area contributed by atoms with Crippen LogP contribution < -0.4 is 10.6 Å². The van der Waals surface area contributed by atoms with E-state index in [0.717, 1.165) is 15.7 Å². The molecular formula is C18H18ClN5OS. The molecule has 134 valence electrons. The molecule has 0 saturated heterocycles. The number of carbonyl (C=O) groups excluding carboxylic acids is 1. The molecule has 0 aliphatic carbocycles. The van der Waals surface area contributed by atoms with Gasteiger partial charge >= 0.3 is 0 Å². The van der Waals surface area contributed by atoms with Crippen LogP contribution in [-0.2, 0) is 0 Å². The Labute approximate surface area is 160 Å². The maximum absolute atomic E-state index is 12.6. The molecule has 2 heterocycles. The molecule has 2 aromatic heterocycles. The lowest BCUT2D eigenvalue weighted by Gasteiger charge is -2.11. The maximum Gasteiger partial charge on any atom is 0.259 e. The first-order valence-corrected chi connectivity index (χ1v) is 9.16. The third-order valence-electron chi connectivity index (χ3n) is 3.85. The quantitative estimate of drug-likeness (QED) is 0.671. The van der Waals surface area contributed by atoms with Crippen molar-refractivity contribution in [2.24, 2.45) is 0 Å². The van der Waals surface area contributed by atoms with Gasteiger partial charge in [0.05, 0.1) is 22.6 Å². The summed E-state index contributed by atoms with van der Waals surface area (Å²) in [5.41, 5.74) is 3.28. The lowest BCUT2D eigenvalue weighted by Crippen LogP contribution is -2.17. The van der Waals surface area contributed by atoms with Gasteiger partial charge in [-0.3, -0.25) is 4.79 Å². The third kappa shape index (κ3) is 4.00. The number of benzene rings is 1. The van der Waals surface area contributed by atoms with Gasteiger partial charge in [-0.05, 0) is 52.0 Å². The highest BCUT2D eigenvalue weighted by molar-refractivity contribution is 7.15. The number of rotatable bonds is 4. The van der Waals surface area contributed by atoms with Crippen molar-refractivity contribution in [1.29, 1.82) is 0 Å². The van der Waals surface area contributed by atoms with Crippen LogP contribution in [0.15, 0.2) is 24.3 Å². The highest BCUT2D eigenvalue weighted by Crippen LogP contribution is 2.24. The van der Waals surface area contributed by atoms with Crippen LogP contribution in [-0.4, -0.2) is 20.9 Å². The molecule has 0 saturated carbocycles. The number of aryl methyl sites for hydroxylation is 4. The SMILES string of the molecule is Cc1nc(Nc2nc(C)c(C(=O)Nc3ccc(Cl)cc3)c(C)n2)sc1C. The van der Waals surface area contributed by atoms with Gasteiger partial charge in [-0.2, -0.15) is 0 Å². The van der Waals surface area contributed by atoms with Gasteiger partial charge < -0.3 is 10.6 Å². The van der Waals surface area contributed by atoms with Gasteiger partial charge in [-0.25, -0.2) is 15.0 Å². The highest BCUT2D eigenvalue weighted by atomic mass is 35.5. The van der Waals surface area contributed by atoms with E-state index in [1.54, 1.807) is 49.4 Å². The molecule has 0 atom stereocenters. The summed E-state index contributed by atoms with van der Waals surface area (Å²) in [6.45, 7) is 7.54. The summed E-state index contributed by atoms with van der Waals surface area (Å²) < 4.78 is 0. The Balaban J connectivity index is 1.82. The van der Waals surface area contributed by atoms with Crippen LogP contribution in [0.4, 0.5) is 16.8 Å². The Hall–Kier alpha value is -2.51. The number of halogens is 1. The lowest BCUT2D eigenvalue weighted by molar-refractivity contribution is 0.102. The van der Waals surface area contributed by atoms with Crippen LogP contribution in [0, 0.1) is 27.7 Å². The zero-order valence-corrected chi connectivity index (χ0v) is 16.4. The molecule has 6 nitrogen and oxygen atoms in total. The van der Waals surface area contributed by atoms with Crippen molar-refractivity contribution in [2.75, 3.05) is 10.6 Å². The predicted molar refractivity (Wildman–Crippen MR) is 106 cm³/mol. The monoisotopic (exact) mass is 387 g/mol. The topological polar surface area (TPSA) is 79.8 Å². The molecule has 0 aliphatic heterocycles. The number of anilines is 3. The minimum Gasteiger partial charge on any atom is -0.322 e. The first kappa shape index (κ1) is 18.3. The Morgan fingerprint density at radius 2 is 1.58 bits per heavy atom. The fourth-order valence-corrected chi connectivity index (χ4v) is 3.38. The number of nitrogens with one attached hydrogen (secondary N) is 2. The number of aromatic nitrogens is 3. The molecule has 3 rings (SSSR count). The van der Waals surface area contributed by atoms with Gasteiger partial charge in [0.2, 0.25) is 5.95 Å². The maximum atomic E-state index is 12.6. The number of nitrogens with zero attached hydrogens (tertiary/aromatic N) is 3. The van der Waals surface area contributed by atoms with Gasteiger partial charge in [-0.15, -0.1) is 11.3 Å². The van der Waals surface area contributed by atoms with E-state index < -0.39 is 0 Å². The van der Waals surface area contributed by atoms with Crippen molar-refractivity contribution in [2.45, 2.75) is 27.7 Å². The fourth-order valence-electron chi connectivity index (χ4n) is 2.45. The smallest absolute Gasteiger partial charge is 0.259 e. The van der Waals surface area contributed by atoms with Crippen molar-refractivity contribution in [3.05, 3.63) is 56.8 Å². The van der Waals surface area contributed by atoms with Crippen LogP contribution in [0.5, 0.6) is 0 Å². The highest BCUT2D eigenvalue weighted by Gasteiger charge is 2.17. The fraction of sp³-hybridized carbons (Fsp3) is 0.222. The number of carbonyl (C=O) groups is 1. The third-order valence-corrected chi connectivity index (χ3v) is 5.09. The average Bonchev–Trinajstić information content (AvgIpc) is 2.86. The first-order chi connectivity index (χ1) is 12.3. The van der Waals surface area contributed by atoms with Gasteiger partial charge in [-0.1, -0.05) is 11.6 Å². The molecule has 0 radical (unpaired) electrons. The molecule has 2 N–H and O–H groups in total. The summed E-state index contributed by atoms with van der Waals surface area (Å²) in [4.78, 5) is 27.0. The first-order valence-electron chi connectivity index (χ1n) is 7.96. The molecule has 3 aromatic rings. The molecule has 1 amide bonds. The molecule has 0 fully saturated rings. The minimum atomic E-state index is -0.255. The van der Waals surface area contributed by atoms with Crippen molar-refractivity contribution in [1.82, 2.24) is 15.0 Å². The van der Waals surface area contributed by atoms with Crippen molar-refractivity contribution < 1.29 is 4.79 Å². The summed E-state index contributed by atoms with van der Waals surface area (Å²) >= 11 is 7.41. The van der Waals surface area contributed by atoms with Gasteiger partial charge in [0, 0.05) is 15.6 Å². The van der Waals surface area contributed by atoms with E-state index in [-0.39, 0.29) is 5.91 Å². The van der Waals surface area contributed by atoms with E-state index in [9.17, 15) is 4.79 Å². The molecule has 1 aromatic carbocycles. The second kappa shape index (κ2) is 7.39. The van der Waals surface area contributed by atoms with Crippen LogP contribution in [0.3, 0.4) is 0 Å². The standard InChI is InChI=1S/C18H18ClN5OS/c1-9-12(4)26-18(22-9)24-17-20-10(2)15(11(3)21-17)16(25)23-14-7-5-13(19)6-8-14/h5-8H,1-4H3,(H,23,25)(H,20,21,22,24). The Morgan fingerprint density at radius 3 is 2.12 bits per heavy atom. The minimum absolute atomic E-state index is 0.255. The lowest BCUT2D eigenvalue weighted by atomic mass is 10.1. The molecule has 8 heteroatoms. The summed E-state index contributed by atoms with van der Waals surface area (Å²) in [6, 6.07) is 6.93. The van der Waals surface area contributed by atoms with E-state index in [4.69, 9.17) is 11.6 Å². The summed E-state index contributed by atoms with van der Waals surface area (Å²) in [7, 11) is 0. The number of amides is 1. The normalized spacial score (nSPS) is 10.7. The number of thiazole rings is 1. The second-order valence-corrected chi connectivity index (χ2v) is 7.48. The van der Waals surface area contributed by atoms with E-state index in [1.165, 1.54) is 0 Å². The summed E-state index contributed by atoms with van der Waals surface area (Å²) in [6.07, 6.45) is 0. The van der Waals surface area contributed by atoms with E-state index in [0.29, 0.717) is 33.6 Å². The van der Waals surface area contributed by atoms with Crippen LogP contribution in [0.25, 0.3) is 0 Å². The van der Waals surface area contributed by atoms with E-state index in [1.807, 2.05) is 13.8 Å². The predicted octanol–water partition coefficient (Wildman–Crippen LogP) is 4.82. The second-order valence-electron chi connectivity index (χ2n) is 5.84. The average molecular weight is 388 g/mol. The van der Waals surface area contributed by atoms with Gasteiger partial charge in [0.1, 0.15) is 0 Å². The van der Waals surface area contributed by atoms with Crippen LogP contribution in [0.2, 0.25) is 5.02 Å². The Morgan fingerprint density at radius 1 is 0.962 bits per heavy atom. The molecule has 0 aliphatic rings. The van der Waals surface area contributed by atoms with Crippen molar-refractivity contribution in [3.8, 4) is 0 Å². The van der Waals surface area contributed by atoms with Gasteiger partial charge in [0.15, 0.2) is 5.13 Å². The zero-order chi connectivity index (χ0) is 18.8. The number of hydrogen-bond acceptors (Lipinski definition) is 6. The van der Waals surface area contributed by atoms with Crippen LogP contribution >= 0.6 is 22.9 Å². The summed E-state index contributed by atoms with van der Waals surface area (Å²) in [5.74, 6) is 0.173. The molecule has 0 bridgehead atoms.